The Kier molecular flexibility index (Phi) is 5.95. The number of anilines is 2. The maximum Gasteiger partial charge on any atom is 0.292 e. The molecule has 0 amide bonds. The summed E-state index contributed by atoms with van der Waals surface area (Å²) >= 11 is 0. The molecule has 36 heavy (non-hydrogen) atoms. The van der Waals surface area contributed by atoms with Crippen molar-refractivity contribution in [1.29, 1.82) is 0 Å². The van der Waals surface area contributed by atoms with Crippen LogP contribution in [0.4, 0.5) is 11.4 Å². The topological polar surface area (TPSA) is 15.0 Å². The molecule has 0 spiro atoms. The van der Waals surface area contributed by atoms with E-state index in [4.69, 9.17) is 0 Å². The molecular formula is C31H35ClN4. The highest BCUT2D eigenvalue weighted by Crippen LogP contribution is 2.29. The number of hydrogen-bond donors (Lipinski definition) is 0. The van der Waals surface area contributed by atoms with Gasteiger partial charge in [0, 0.05) is 54.4 Å². The van der Waals surface area contributed by atoms with Gasteiger partial charge in [-0.1, -0.05) is 13.8 Å². The number of hydrogen-bond acceptors (Lipinski definition) is 2. The van der Waals surface area contributed by atoms with Crippen LogP contribution in [0.1, 0.15) is 39.5 Å². The number of piperidine rings is 2. The molecule has 0 N–H and O–H groups in total. The van der Waals surface area contributed by atoms with E-state index < -0.39 is 0 Å². The van der Waals surface area contributed by atoms with Gasteiger partial charge in [-0.2, -0.15) is 8.80 Å². The fourth-order valence-corrected chi connectivity index (χ4v) is 6.26. The first-order chi connectivity index (χ1) is 17.1. The summed E-state index contributed by atoms with van der Waals surface area (Å²) in [6.45, 7) is 9.43. The minimum absolute atomic E-state index is 0. The summed E-state index contributed by atoms with van der Waals surface area (Å²) in [5.74, 6) is 1.70. The van der Waals surface area contributed by atoms with Crippen molar-refractivity contribution in [3.8, 4) is 0 Å². The summed E-state index contributed by atoms with van der Waals surface area (Å²) in [5, 5.41) is 2.61. The van der Waals surface area contributed by atoms with E-state index in [-0.39, 0.29) is 12.4 Å². The van der Waals surface area contributed by atoms with Crippen molar-refractivity contribution in [3.63, 3.8) is 0 Å². The molecule has 0 unspecified atom stereocenters. The fourth-order valence-electron chi connectivity index (χ4n) is 6.26. The van der Waals surface area contributed by atoms with Crippen molar-refractivity contribution in [2.24, 2.45) is 11.8 Å². The Hall–Kier alpha value is -2.98. The fraction of sp³-hybridized carbons (Fsp3) is 0.387. The number of nitrogens with zero attached hydrogens (tertiary/aromatic N) is 4. The van der Waals surface area contributed by atoms with Crippen LogP contribution in [0.15, 0.2) is 66.9 Å². The molecule has 186 valence electrons. The molecule has 0 atom stereocenters. The summed E-state index contributed by atoms with van der Waals surface area (Å²) in [5.41, 5.74) is 7.72. The first-order valence-electron chi connectivity index (χ1n) is 13.5. The van der Waals surface area contributed by atoms with Gasteiger partial charge in [0.15, 0.2) is 5.52 Å². The molecule has 2 aliphatic rings. The summed E-state index contributed by atoms with van der Waals surface area (Å²) in [6, 6.07) is 23.2. The maximum atomic E-state index is 2.56. The highest BCUT2D eigenvalue weighted by Gasteiger charge is 2.21. The number of rotatable bonds is 2. The Labute approximate surface area is 219 Å². The molecular weight excluding hydrogens is 464 g/mol. The molecule has 0 aliphatic carbocycles. The lowest BCUT2D eigenvalue weighted by molar-refractivity contribution is -0.479. The molecule has 2 aliphatic heterocycles. The van der Waals surface area contributed by atoms with Gasteiger partial charge in [-0.05, 0) is 92.1 Å². The molecule has 5 heteroatoms. The van der Waals surface area contributed by atoms with Gasteiger partial charge in [-0.15, -0.1) is 0 Å². The summed E-state index contributed by atoms with van der Waals surface area (Å²) in [7, 11) is 0. The molecule has 3 aromatic heterocycles. The van der Waals surface area contributed by atoms with Crippen LogP contribution < -0.4 is 26.6 Å². The van der Waals surface area contributed by atoms with E-state index in [1.165, 1.54) is 96.2 Å². The Bertz CT molecular complexity index is 1560. The third-order valence-electron chi connectivity index (χ3n) is 8.66. The highest BCUT2D eigenvalue weighted by atomic mass is 35.5. The molecule has 4 nitrogen and oxygen atoms in total. The molecule has 2 saturated heterocycles. The monoisotopic (exact) mass is 498 g/mol. The van der Waals surface area contributed by atoms with E-state index in [1.807, 2.05) is 0 Å². The van der Waals surface area contributed by atoms with Crippen molar-refractivity contribution in [2.75, 3.05) is 36.0 Å². The lowest BCUT2D eigenvalue weighted by Gasteiger charge is -2.32. The second-order valence-corrected chi connectivity index (χ2v) is 11.1. The molecule has 0 saturated carbocycles. The normalized spacial score (nSPS) is 17.9. The first-order valence-corrected chi connectivity index (χ1v) is 13.5. The number of aromatic nitrogens is 2. The predicted molar refractivity (Wildman–Crippen MR) is 147 cm³/mol. The van der Waals surface area contributed by atoms with E-state index in [2.05, 4.69) is 99.3 Å². The van der Waals surface area contributed by atoms with Gasteiger partial charge in [-0.25, -0.2) is 0 Å². The SMILES string of the molecule is CC1CCN(c2ccc3c(ccc4c[n+]5c6ccc(N7CCC(C)CC7)cc6ccc5n43)c2)CC1.[Cl-]. The molecule has 2 fully saturated rings. The van der Waals surface area contributed by atoms with E-state index >= 15 is 0 Å². The lowest BCUT2D eigenvalue weighted by atomic mass is 9.98. The third kappa shape index (κ3) is 3.87. The predicted octanol–water partition coefficient (Wildman–Crippen LogP) is 3.46. The molecule has 0 radical (unpaired) electrons. The van der Waals surface area contributed by atoms with Crippen LogP contribution in [0.3, 0.4) is 0 Å². The van der Waals surface area contributed by atoms with Gasteiger partial charge in [0.05, 0.1) is 0 Å². The minimum atomic E-state index is 0. The number of imidazole rings is 1. The van der Waals surface area contributed by atoms with Crippen LogP contribution in [0.5, 0.6) is 0 Å². The largest absolute Gasteiger partial charge is 1.00 e. The summed E-state index contributed by atoms with van der Waals surface area (Å²) in [6.07, 6.45) is 7.47. The van der Waals surface area contributed by atoms with Gasteiger partial charge in [0.2, 0.25) is 0 Å². The third-order valence-corrected chi connectivity index (χ3v) is 8.66. The van der Waals surface area contributed by atoms with Gasteiger partial charge >= 0.3 is 0 Å². The van der Waals surface area contributed by atoms with Crippen LogP contribution in [0, 0.1) is 11.8 Å². The quantitative estimate of drug-likeness (QED) is 0.346. The highest BCUT2D eigenvalue weighted by molar-refractivity contribution is 5.88. The Balaban J connectivity index is 0.00000240. The average Bonchev–Trinajstić information content (AvgIpc) is 3.28. The van der Waals surface area contributed by atoms with Crippen LogP contribution in [0.2, 0.25) is 0 Å². The summed E-state index contributed by atoms with van der Waals surface area (Å²) in [4.78, 5) is 5.11. The van der Waals surface area contributed by atoms with Crippen molar-refractivity contribution in [1.82, 2.24) is 4.40 Å². The van der Waals surface area contributed by atoms with E-state index in [1.54, 1.807) is 0 Å². The number of benzene rings is 2. The molecule has 2 aromatic carbocycles. The smallest absolute Gasteiger partial charge is 0.292 e. The zero-order valence-corrected chi connectivity index (χ0v) is 22.1. The van der Waals surface area contributed by atoms with Crippen molar-refractivity contribution in [3.05, 3.63) is 66.9 Å². The number of pyridine rings is 2. The van der Waals surface area contributed by atoms with Crippen LogP contribution in [0.25, 0.3) is 33.0 Å². The van der Waals surface area contributed by atoms with Gasteiger partial charge < -0.3 is 22.2 Å². The van der Waals surface area contributed by atoms with Crippen molar-refractivity contribution < 1.29 is 16.8 Å². The van der Waals surface area contributed by atoms with Crippen molar-refractivity contribution in [2.45, 2.75) is 39.5 Å². The Morgan fingerprint density at radius 1 is 0.667 bits per heavy atom. The van der Waals surface area contributed by atoms with Gasteiger partial charge in [0.1, 0.15) is 17.2 Å². The molecule has 5 aromatic rings. The second kappa shape index (κ2) is 9.15. The Morgan fingerprint density at radius 2 is 1.25 bits per heavy atom. The zero-order valence-electron chi connectivity index (χ0n) is 21.3. The number of halogens is 1. The van der Waals surface area contributed by atoms with E-state index in [0.29, 0.717) is 0 Å². The average molecular weight is 499 g/mol. The molecule has 7 rings (SSSR count). The minimum Gasteiger partial charge on any atom is -1.00 e. The van der Waals surface area contributed by atoms with Crippen LogP contribution in [-0.4, -0.2) is 30.6 Å². The lowest BCUT2D eigenvalue weighted by Crippen LogP contribution is -3.00. The van der Waals surface area contributed by atoms with Gasteiger partial charge in [-0.3, -0.25) is 0 Å². The molecule has 5 heterocycles. The first kappa shape index (κ1) is 23.4. The summed E-state index contributed by atoms with van der Waals surface area (Å²) < 4.78 is 4.78. The van der Waals surface area contributed by atoms with Crippen LogP contribution in [-0.2, 0) is 0 Å². The standard InChI is InChI=1S/C31H35N4.ClH/c1-22-11-15-32(16-12-22)26-6-8-29-24(19-26)4-10-31-34(29)21-28-5-3-25-20-27(7-9-30(25)35(28)31)33-17-13-23(2)14-18-33;/h3-10,19-23H,11-18H2,1-2H3;1H/q+1;/p-1. The number of fused-ring (bicyclic) bond motifs is 7. The van der Waals surface area contributed by atoms with Crippen LogP contribution >= 0.6 is 0 Å². The maximum absolute atomic E-state index is 2.56. The second-order valence-electron chi connectivity index (χ2n) is 11.1. The van der Waals surface area contributed by atoms with Crippen molar-refractivity contribution >= 4 is 44.3 Å². The van der Waals surface area contributed by atoms with E-state index in [0.717, 1.165) is 11.8 Å². The van der Waals surface area contributed by atoms with E-state index in [9.17, 15) is 0 Å². The molecule has 0 bridgehead atoms. The zero-order chi connectivity index (χ0) is 23.5. The Morgan fingerprint density at radius 3 is 1.92 bits per heavy atom. The van der Waals surface area contributed by atoms with Gasteiger partial charge in [0.25, 0.3) is 5.65 Å².